The summed E-state index contributed by atoms with van der Waals surface area (Å²) in [5.74, 6) is 2.21. The first-order valence-corrected chi connectivity index (χ1v) is 5.83. The molecule has 0 aliphatic heterocycles. The number of hydrogen-bond acceptors (Lipinski definition) is 3. The molecule has 1 aromatic heterocycles. The second kappa shape index (κ2) is 4.42. The second-order valence-corrected chi connectivity index (χ2v) is 4.29. The zero-order valence-corrected chi connectivity index (χ0v) is 8.92. The molecule has 0 radical (unpaired) electrons. The first-order chi connectivity index (χ1) is 6.90. The van der Waals surface area contributed by atoms with Crippen LogP contribution in [0, 0.1) is 0 Å². The summed E-state index contributed by atoms with van der Waals surface area (Å²) in [5.41, 5.74) is 3.28. The van der Waals surface area contributed by atoms with Crippen molar-refractivity contribution in [2.45, 2.75) is 12.7 Å². The molecule has 2 nitrogen and oxygen atoms in total. The average molecular weight is 204 g/mol. The molecule has 0 saturated heterocycles. The van der Waals surface area contributed by atoms with E-state index in [-0.39, 0.29) is 0 Å². The zero-order chi connectivity index (χ0) is 9.80. The number of aromatic nitrogens is 2. The molecule has 2 aromatic rings. The van der Waals surface area contributed by atoms with Crippen LogP contribution in [0.3, 0.4) is 0 Å². The summed E-state index contributed by atoms with van der Waals surface area (Å²) in [4.78, 5) is 8.51. The lowest BCUT2D eigenvalue weighted by molar-refractivity contribution is 1.28. The van der Waals surface area contributed by atoms with Gasteiger partial charge in [-0.3, -0.25) is 9.97 Å². The quantitative estimate of drug-likeness (QED) is 0.768. The highest BCUT2D eigenvalue weighted by Gasteiger charge is 1.97. The number of rotatable bonds is 3. The van der Waals surface area contributed by atoms with Crippen LogP contribution >= 0.6 is 11.8 Å². The van der Waals surface area contributed by atoms with E-state index in [2.05, 4.69) is 29.0 Å². The number of benzene rings is 1. The Balaban J connectivity index is 2.32. The van der Waals surface area contributed by atoms with Gasteiger partial charge in [-0.2, -0.15) is 11.8 Å². The first kappa shape index (κ1) is 9.46. The van der Waals surface area contributed by atoms with Gasteiger partial charge in [-0.05, 0) is 23.4 Å². The molecule has 2 rings (SSSR count). The highest BCUT2D eigenvalue weighted by Crippen LogP contribution is 2.15. The maximum atomic E-state index is 4.28. The topological polar surface area (TPSA) is 25.8 Å². The van der Waals surface area contributed by atoms with Gasteiger partial charge in [0.05, 0.1) is 11.0 Å². The lowest BCUT2D eigenvalue weighted by Crippen LogP contribution is -1.85. The fraction of sp³-hybridized carbons (Fsp3) is 0.273. The largest absolute Gasteiger partial charge is 0.253 e. The summed E-state index contributed by atoms with van der Waals surface area (Å²) in [7, 11) is 0. The lowest BCUT2D eigenvalue weighted by Gasteiger charge is -2.00. The fourth-order valence-electron chi connectivity index (χ4n) is 1.32. The molecular formula is C11H12N2S. The van der Waals surface area contributed by atoms with E-state index in [4.69, 9.17) is 0 Å². The molecule has 1 aromatic carbocycles. The van der Waals surface area contributed by atoms with Gasteiger partial charge in [0.25, 0.3) is 0 Å². The van der Waals surface area contributed by atoms with Crippen LogP contribution in [0.25, 0.3) is 11.0 Å². The van der Waals surface area contributed by atoms with Crippen LogP contribution in [0.4, 0.5) is 0 Å². The third-order valence-corrected chi connectivity index (χ3v) is 2.95. The van der Waals surface area contributed by atoms with E-state index < -0.39 is 0 Å². The fourth-order valence-corrected chi connectivity index (χ4v) is 1.94. The molecule has 0 saturated carbocycles. The van der Waals surface area contributed by atoms with Gasteiger partial charge >= 0.3 is 0 Å². The van der Waals surface area contributed by atoms with Crippen molar-refractivity contribution in [2.24, 2.45) is 0 Å². The van der Waals surface area contributed by atoms with Gasteiger partial charge in [0, 0.05) is 18.1 Å². The normalized spacial score (nSPS) is 10.6. The number of hydrogen-bond donors (Lipinski definition) is 0. The molecule has 72 valence electrons. The minimum Gasteiger partial charge on any atom is -0.253 e. The van der Waals surface area contributed by atoms with Crippen molar-refractivity contribution < 1.29 is 0 Å². The van der Waals surface area contributed by atoms with Crippen molar-refractivity contribution in [3.63, 3.8) is 0 Å². The second-order valence-electron chi connectivity index (χ2n) is 3.02. The Morgan fingerprint density at radius 1 is 1.14 bits per heavy atom. The van der Waals surface area contributed by atoms with Crippen molar-refractivity contribution in [3.8, 4) is 0 Å². The first-order valence-electron chi connectivity index (χ1n) is 4.67. The third kappa shape index (κ3) is 2.04. The maximum absolute atomic E-state index is 4.28. The minimum atomic E-state index is 0.970. The molecule has 0 atom stereocenters. The Morgan fingerprint density at radius 3 is 2.71 bits per heavy atom. The van der Waals surface area contributed by atoms with Crippen LogP contribution in [0.2, 0.25) is 0 Å². The molecule has 0 aliphatic rings. The number of nitrogens with zero attached hydrogens (tertiary/aromatic N) is 2. The molecule has 0 bridgehead atoms. The lowest BCUT2D eigenvalue weighted by atomic mass is 10.2. The van der Waals surface area contributed by atoms with Gasteiger partial charge in [0.1, 0.15) is 0 Å². The highest BCUT2D eigenvalue weighted by molar-refractivity contribution is 7.98. The molecule has 0 N–H and O–H groups in total. The SMILES string of the molecule is CCSCc1ccc2nccnc2c1. The van der Waals surface area contributed by atoms with Crippen LogP contribution in [-0.2, 0) is 5.75 Å². The van der Waals surface area contributed by atoms with Crippen LogP contribution < -0.4 is 0 Å². The van der Waals surface area contributed by atoms with Crippen molar-refractivity contribution in [3.05, 3.63) is 36.2 Å². The van der Waals surface area contributed by atoms with Crippen molar-refractivity contribution in [2.75, 3.05) is 5.75 Å². The molecule has 14 heavy (non-hydrogen) atoms. The zero-order valence-electron chi connectivity index (χ0n) is 8.10. The van der Waals surface area contributed by atoms with Crippen molar-refractivity contribution in [1.82, 2.24) is 9.97 Å². The van der Waals surface area contributed by atoms with Gasteiger partial charge in [-0.1, -0.05) is 13.0 Å². The standard InChI is InChI=1S/C11H12N2S/c1-2-14-8-9-3-4-10-11(7-9)13-6-5-12-10/h3-7H,2,8H2,1H3. The summed E-state index contributed by atoms with van der Waals surface area (Å²) in [6.45, 7) is 2.17. The predicted molar refractivity (Wildman–Crippen MR) is 61.4 cm³/mol. The molecule has 0 aliphatic carbocycles. The van der Waals surface area contributed by atoms with Gasteiger partial charge in [0.15, 0.2) is 0 Å². The van der Waals surface area contributed by atoms with Crippen LogP contribution in [0.15, 0.2) is 30.6 Å². The van der Waals surface area contributed by atoms with E-state index in [1.54, 1.807) is 12.4 Å². The number of thioether (sulfide) groups is 1. The molecule has 0 fully saturated rings. The Kier molecular flexibility index (Phi) is 2.99. The van der Waals surface area contributed by atoms with E-state index in [9.17, 15) is 0 Å². The van der Waals surface area contributed by atoms with E-state index in [1.165, 1.54) is 5.56 Å². The van der Waals surface area contributed by atoms with Gasteiger partial charge in [-0.25, -0.2) is 0 Å². The Hall–Kier alpha value is -1.09. The molecule has 0 unspecified atom stereocenters. The summed E-state index contributed by atoms with van der Waals surface area (Å²) in [5, 5.41) is 0. The van der Waals surface area contributed by atoms with E-state index in [0.717, 1.165) is 22.5 Å². The molecule has 0 spiro atoms. The van der Waals surface area contributed by atoms with Gasteiger partial charge in [-0.15, -0.1) is 0 Å². The summed E-state index contributed by atoms with van der Waals surface area (Å²) in [6, 6.07) is 6.28. The smallest absolute Gasteiger partial charge is 0.0889 e. The monoisotopic (exact) mass is 204 g/mol. The van der Waals surface area contributed by atoms with Gasteiger partial charge < -0.3 is 0 Å². The van der Waals surface area contributed by atoms with Crippen LogP contribution in [0.5, 0.6) is 0 Å². The predicted octanol–water partition coefficient (Wildman–Crippen LogP) is 2.88. The summed E-state index contributed by atoms with van der Waals surface area (Å²) in [6.07, 6.45) is 3.46. The van der Waals surface area contributed by atoms with Crippen LogP contribution in [0.1, 0.15) is 12.5 Å². The molecule has 1 heterocycles. The summed E-state index contributed by atoms with van der Waals surface area (Å²) < 4.78 is 0. The van der Waals surface area contributed by atoms with E-state index >= 15 is 0 Å². The molecular weight excluding hydrogens is 192 g/mol. The van der Waals surface area contributed by atoms with Crippen LogP contribution in [-0.4, -0.2) is 15.7 Å². The maximum Gasteiger partial charge on any atom is 0.0889 e. The Labute approximate surface area is 87.8 Å². The van der Waals surface area contributed by atoms with E-state index in [1.807, 2.05) is 17.8 Å². The number of fused-ring (bicyclic) bond motifs is 1. The van der Waals surface area contributed by atoms with Gasteiger partial charge in [0.2, 0.25) is 0 Å². The molecule has 0 amide bonds. The van der Waals surface area contributed by atoms with Crippen molar-refractivity contribution in [1.29, 1.82) is 0 Å². The van der Waals surface area contributed by atoms with E-state index in [0.29, 0.717) is 0 Å². The minimum absolute atomic E-state index is 0.970. The third-order valence-electron chi connectivity index (χ3n) is 2.01. The highest BCUT2D eigenvalue weighted by atomic mass is 32.2. The van der Waals surface area contributed by atoms with Crippen molar-refractivity contribution >= 4 is 22.8 Å². The Bertz CT molecular complexity index is 428. The molecule has 3 heteroatoms. The summed E-state index contributed by atoms with van der Waals surface area (Å²) >= 11 is 1.92. The Morgan fingerprint density at radius 2 is 1.93 bits per heavy atom. The average Bonchev–Trinajstić information content (AvgIpc) is 2.26.